The van der Waals surface area contributed by atoms with Crippen molar-refractivity contribution in [3.8, 4) is 0 Å². The Labute approximate surface area is 138 Å². The van der Waals surface area contributed by atoms with E-state index in [-0.39, 0.29) is 18.8 Å². The van der Waals surface area contributed by atoms with Gasteiger partial charge in [0.25, 0.3) is 5.91 Å². The summed E-state index contributed by atoms with van der Waals surface area (Å²) in [7, 11) is 0. The third-order valence-electron chi connectivity index (χ3n) is 5.09. The summed E-state index contributed by atoms with van der Waals surface area (Å²) >= 11 is 0. The van der Waals surface area contributed by atoms with Crippen molar-refractivity contribution >= 4 is 5.91 Å². The quantitative estimate of drug-likeness (QED) is 0.674. The maximum atomic E-state index is 12.3. The third-order valence-corrected chi connectivity index (χ3v) is 5.09. The average Bonchev–Trinajstić information content (AvgIpc) is 3.20. The first-order valence-electron chi connectivity index (χ1n) is 9.18. The highest BCUT2D eigenvalue weighted by molar-refractivity contribution is 5.92. The topological polar surface area (TPSA) is 67.8 Å². The summed E-state index contributed by atoms with van der Waals surface area (Å²) in [6, 6.07) is 0.336. The van der Waals surface area contributed by atoms with Crippen molar-refractivity contribution in [1.82, 2.24) is 5.32 Å². The van der Waals surface area contributed by atoms with Gasteiger partial charge in [0.2, 0.25) is 6.29 Å². The number of unbranched alkanes of at least 4 members (excludes halogenated alkanes) is 1. The molecule has 2 N–H and O–H groups in total. The Morgan fingerprint density at radius 3 is 2.74 bits per heavy atom. The molecule has 0 bridgehead atoms. The zero-order chi connectivity index (χ0) is 16.1. The number of ether oxygens (including phenoxy) is 2. The fraction of sp³-hybridized carbons (Fsp3) is 0.833. The molecular formula is C18H29NO4. The first-order chi connectivity index (χ1) is 11.3. The van der Waals surface area contributed by atoms with Crippen LogP contribution in [0, 0.1) is 11.8 Å². The van der Waals surface area contributed by atoms with Gasteiger partial charge in [0.1, 0.15) is 0 Å². The van der Waals surface area contributed by atoms with Gasteiger partial charge in [0, 0.05) is 19.1 Å². The standard InChI is InChI=1S/C18H29NO4/c20-9-3-4-10-22-17-12-14(13-5-1-2-6-13)11-16(23-17)18(21)19-15-7-8-15/h11,13-15,17,20H,1-10,12H2,(H,19,21)/t14-,17+/m0/s1. The fourth-order valence-corrected chi connectivity index (χ4v) is 3.57. The van der Waals surface area contributed by atoms with Crippen molar-refractivity contribution < 1.29 is 19.4 Å². The number of hydrogen-bond acceptors (Lipinski definition) is 4. The lowest BCUT2D eigenvalue weighted by molar-refractivity contribution is -0.151. The van der Waals surface area contributed by atoms with Gasteiger partial charge in [-0.1, -0.05) is 12.8 Å². The summed E-state index contributed by atoms with van der Waals surface area (Å²) in [6.07, 6.45) is 11.3. The minimum Gasteiger partial charge on any atom is -0.459 e. The summed E-state index contributed by atoms with van der Waals surface area (Å²) in [5.41, 5.74) is 0. The molecule has 0 aromatic heterocycles. The van der Waals surface area contributed by atoms with Crippen molar-refractivity contribution in [3.05, 3.63) is 11.8 Å². The molecule has 0 aromatic carbocycles. The van der Waals surface area contributed by atoms with Crippen LogP contribution in [0.5, 0.6) is 0 Å². The van der Waals surface area contributed by atoms with Crippen LogP contribution < -0.4 is 5.32 Å². The molecule has 2 atom stereocenters. The lowest BCUT2D eigenvalue weighted by atomic mass is 9.86. The van der Waals surface area contributed by atoms with Crippen LogP contribution >= 0.6 is 0 Å². The van der Waals surface area contributed by atoms with Gasteiger partial charge in [-0.2, -0.15) is 0 Å². The highest BCUT2D eigenvalue weighted by Crippen LogP contribution is 2.38. The number of hydrogen-bond donors (Lipinski definition) is 2. The molecule has 2 fully saturated rings. The molecule has 5 nitrogen and oxygen atoms in total. The average molecular weight is 323 g/mol. The van der Waals surface area contributed by atoms with Gasteiger partial charge in [0.05, 0.1) is 6.61 Å². The van der Waals surface area contributed by atoms with Crippen LogP contribution in [0.25, 0.3) is 0 Å². The van der Waals surface area contributed by atoms with Crippen molar-refractivity contribution in [2.75, 3.05) is 13.2 Å². The number of allylic oxidation sites excluding steroid dienone is 1. The molecule has 0 spiro atoms. The highest BCUT2D eigenvalue weighted by atomic mass is 16.7. The summed E-state index contributed by atoms with van der Waals surface area (Å²) in [5, 5.41) is 11.9. The van der Waals surface area contributed by atoms with Crippen LogP contribution in [0.1, 0.15) is 57.8 Å². The molecule has 5 heteroatoms. The minimum atomic E-state index is -0.329. The Bertz CT molecular complexity index is 427. The normalized spacial score (nSPS) is 28.3. The predicted molar refractivity (Wildman–Crippen MR) is 86.5 cm³/mol. The Hall–Kier alpha value is -1.07. The molecule has 0 radical (unpaired) electrons. The van der Waals surface area contributed by atoms with E-state index in [1.165, 1.54) is 25.7 Å². The number of nitrogens with one attached hydrogen (secondary N) is 1. The molecule has 1 heterocycles. The van der Waals surface area contributed by atoms with Crippen molar-refractivity contribution in [1.29, 1.82) is 0 Å². The zero-order valence-corrected chi connectivity index (χ0v) is 13.8. The molecule has 23 heavy (non-hydrogen) atoms. The van der Waals surface area contributed by atoms with Gasteiger partial charge in [-0.05, 0) is 56.4 Å². The van der Waals surface area contributed by atoms with E-state index in [0.717, 1.165) is 32.1 Å². The molecule has 0 saturated heterocycles. The molecule has 3 aliphatic rings. The van der Waals surface area contributed by atoms with E-state index in [1.807, 2.05) is 6.08 Å². The van der Waals surface area contributed by atoms with Crippen LogP contribution in [0.15, 0.2) is 11.8 Å². The van der Waals surface area contributed by atoms with Crippen molar-refractivity contribution in [2.24, 2.45) is 11.8 Å². The van der Waals surface area contributed by atoms with Crippen LogP contribution in [0.3, 0.4) is 0 Å². The lowest BCUT2D eigenvalue weighted by Gasteiger charge is -2.32. The van der Waals surface area contributed by atoms with Gasteiger partial charge in [0.15, 0.2) is 5.76 Å². The zero-order valence-electron chi connectivity index (χ0n) is 13.8. The molecule has 2 aliphatic carbocycles. The van der Waals surface area contributed by atoms with Crippen LogP contribution in [0.4, 0.5) is 0 Å². The molecule has 130 valence electrons. The van der Waals surface area contributed by atoms with E-state index in [2.05, 4.69) is 5.32 Å². The molecule has 1 aliphatic heterocycles. The third kappa shape index (κ3) is 4.95. The predicted octanol–water partition coefficient (Wildman–Crippen LogP) is 2.49. The second-order valence-electron chi connectivity index (χ2n) is 7.07. The van der Waals surface area contributed by atoms with E-state index >= 15 is 0 Å². The molecular weight excluding hydrogens is 294 g/mol. The fourth-order valence-electron chi connectivity index (χ4n) is 3.57. The van der Waals surface area contributed by atoms with E-state index in [0.29, 0.717) is 30.2 Å². The van der Waals surface area contributed by atoms with Crippen molar-refractivity contribution in [2.45, 2.75) is 70.1 Å². The summed E-state index contributed by atoms with van der Waals surface area (Å²) < 4.78 is 11.6. The smallest absolute Gasteiger partial charge is 0.286 e. The SMILES string of the molecule is O=C(NC1CC1)C1=C[C@H](C2CCCC2)C[C@H](OCCCCO)O1. The summed E-state index contributed by atoms with van der Waals surface area (Å²) in [6.45, 7) is 0.759. The number of rotatable bonds is 8. The molecule has 1 amide bonds. The largest absolute Gasteiger partial charge is 0.459 e. The first-order valence-corrected chi connectivity index (χ1v) is 9.18. The summed E-state index contributed by atoms with van der Waals surface area (Å²) in [4.78, 5) is 12.3. The van der Waals surface area contributed by atoms with Crippen LogP contribution in [0.2, 0.25) is 0 Å². The minimum absolute atomic E-state index is 0.0841. The number of aliphatic hydroxyl groups excluding tert-OH is 1. The van der Waals surface area contributed by atoms with E-state index in [9.17, 15) is 4.79 Å². The van der Waals surface area contributed by atoms with Gasteiger partial charge in [-0.3, -0.25) is 4.79 Å². The Morgan fingerprint density at radius 2 is 2.04 bits per heavy atom. The van der Waals surface area contributed by atoms with Gasteiger partial charge >= 0.3 is 0 Å². The Morgan fingerprint density at radius 1 is 1.26 bits per heavy atom. The molecule has 2 saturated carbocycles. The number of amides is 1. The Kier molecular flexibility index (Phi) is 5.95. The molecule has 0 unspecified atom stereocenters. The molecule has 3 rings (SSSR count). The molecule has 0 aromatic rings. The second-order valence-corrected chi connectivity index (χ2v) is 7.07. The second kappa shape index (κ2) is 8.15. The van der Waals surface area contributed by atoms with E-state index < -0.39 is 0 Å². The first kappa shape index (κ1) is 16.8. The highest BCUT2D eigenvalue weighted by Gasteiger charge is 2.34. The van der Waals surface area contributed by atoms with E-state index in [1.54, 1.807) is 0 Å². The van der Waals surface area contributed by atoms with Crippen LogP contribution in [-0.4, -0.2) is 36.6 Å². The lowest BCUT2D eigenvalue weighted by Crippen LogP contribution is -2.35. The van der Waals surface area contributed by atoms with Gasteiger partial charge in [-0.25, -0.2) is 0 Å². The van der Waals surface area contributed by atoms with Crippen molar-refractivity contribution in [3.63, 3.8) is 0 Å². The van der Waals surface area contributed by atoms with Crippen LogP contribution in [-0.2, 0) is 14.3 Å². The maximum Gasteiger partial charge on any atom is 0.286 e. The maximum absolute atomic E-state index is 12.3. The van der Waals surface area contributed by atoms with E-state index in [4.69, 9.17) is 14.6 Å². The number of carbonyl (C=O) groups is 1. The number of carbonyl (C=O) groups excluding carboxylic acids is 1. The van der Waals surface area contributed by atoms with Gasteiger partial charge < -0.3 is 19.9 Å². The monoisotopic (exact) mass is 323 g/mol. The Balaban J connectivity index is 1.59. The van der Waals surface area contributed by atoms with Gasteiger partial charge in [-0.15, -0.1) is 0 Å². The summed E-state index contributed by atoms with van der Waals surface area (Å²) in [5.74, 6) is 1.41. The number of aliphatic hydroxyl groups is 1.